The van der Waals surface area contributed by atoms with Crippen molar-refractivity contribution in [2.24, 2.45) is 0 Å². The summed E-state index contributed by atoms with van der Waals surface area (Å²) in [4.78, 5) is 21.7. The summed E-state index contributed by atoms with van der Waals surface area (Å²) in [5.74, 6) is -0.865. The number of rotatable bonds is 10. The average molecular weight is 312 g/mol. The van der Waals surface area contributed by atoms with E-state index in [0.29, 0.717) is 13.2 Å². The van der Waals surface area contributed by atoms with Gasteiger partial charge >= 0.3 is 11.9 Å². The Morgan fingerprint density at radius 3 is 1.45 bits per heavy atom. The Morgan fingerprint density at radius 2 is 1.14 bits per heavy atom. The summed E-state index contributed by atoms with van der Waals surface area (Å²) >= 11 is 0. The molecule has 22 heavy (non-hydrogen) atoms. The molecule has 6 heteroatoms. The van der Waals surface area contributed by atoms with E-state index in [0.717, 1.165) is 37.8 Å². The fourth-order valence-electron chi connectivity index (χ4n) is 2.20. The summed E-state index contributed by atoms with van der Waals surface area (Å²) in [5.41, 5.74) is 0. The first-order chi connectivity index (χ1) is 10.7. The normalized spacial score (nSPS) is 20.9. The summed E-state index contributed by atoms with van der Waals surface area (Å²) in [5, 5.41) is 0. The molecule has 0 bridgehead atoms. The van der Waals surface area contributed by atoms with Gasteiger partial charge in [-0.3, -0.25) is 0 Å². The molecule has 0 aromatic carbocycles. The SMILES string of the molecule is C=CC(=O)OCCOC1CCC(OCCOC(=O)C=C)CC1. The molecule has 0 radical (unpaired) electrons. The first-order valence-corrected chi connectivity index (χ1v) is 7.47. The van der Waals surface area contributed by atoms with Crippen molar-refractivity contribution in [3.8, 4) is 0 Å². The van der Waals surface area contributed by atoms with E-state index >= 15 is 0 Å². The van der Waals surface area contributed by atoms with Gasteiger partial charge in [-0.1, -0.05) is 13.2 Å². The fourth-order valence-corrected chi connectivity index (χ4v) is 2.20. The highest BCUT2D eigenvalue weighted by Crippen LogP contribution is 2.23. The summed E-state index contributed by atoms with van der Waals surface area (Å²) < 4.78 is 21.0. The Labute approximate surface area is 131 Å². The van der Waals surface area contributed by atoms with Gasteiger partial charge in [0, 0.05) is 12.2 Å². The lowest BCUT2D eigenvalue weighted by Gasteiger charge is -2.28. The van der Waals surface area contributed by atoms with Crippen molar-refractivity contribution in [2.45, 2.75) is 37.9 Å². The Morgan fingerprint density at radius 1 is 0.773 bits per heavy atom. The van der Waals surface area contributed by atoms with Crippen LogP contribution in [0, 0.1) is 0 Å². The second-order valence-electron chi connectivity index (χ2n) is 4.88. The predicted octanol–water partition coefficient (Wildman–Crippen LogP) is 1.79. The lowest BCUT2D eigenvalue weighted by Crippen LogP contribution is -2.28. The van der Waals surface area contributed by atoms with Gasteiger partial charge < -0.3 is 18.9 Å². The quantitative estimate of drug-likeness (QED) is 0.348. The van der Waals surface area contributed by atoms with Gasteiger partial charge in [-0.05, 0) is 25.7 Å². The zero-order chi connectivity index (χ0) is 16.2. The van der Waals surface area contributed by atoms with Gasteiger partial charge in [-0.15, -0.1) is 0 Å². The molecule has 1 aliphatic rings. The Kier molecular flexibility index (Phi) is 9.18. The third-order valence-corrected chi connectivity index (χ3v) is 3.32. The van der Waals surface area contributed by atoms with Crippen LogP contribution in [-0.2, 0) is 28.5 Å². The van der Waals surface area contributed by atoms with Crippen molar-refractivity contribution in [3.05, 3.63) is 25.3 Å². The van der Waals surface area contributed by atoms with Gasteiger partial charge in [-0.2, -0.15) is 0 Å². The van der Waals surface area contributed by atoms with E-state index in [9.17, 15) is 9.59 Å². The van der Waals surface area contributed by atoms with Crippen molar-refractivity contribution < 1.29 is 28.5 Å². The van der Waals surface area contributed by atoms with Crippen molar-refractivity contribution in [1.82, 2.24) is 0 Å². The van der Waals surface area contributed by atoms with Crippen LogP contribution in [0.3, 0.4) is 0 Å². The third-order valence-electron chi connectivity index (χ3n) is 3.32. The van der Waals surface area contributed by atoms with E-state index in [-0.39, 0.29) is 25.4 Å². The van der Waals surface area contributed by atoms with Gasteiger partial charge in [0.05, 0.1) is 25.4 Å². The van der Waals surface area contributed by atoms with Crippen molar-refractivity contribution in [1.29, 1.82) is 0 Å². The first kappa shape index (κ1) is 18.4. The topological polar surface area (TPSA) is 71.1 Å². The zero-order valence-electron chi connectivity index (χ0n) is 12.8. The molecule has 0 aromatic rings. The minimum atomic E-state index is -0.433. The molecule has 0 amide bonds. The Balaban J connectivity index is 2.01. The van der Waals surface area contributed by atoms with Gasteiger partial charge in [0.25, 0.3) is 0 Å². The van der Waals surface area contributed by atoms with Crippen LogP contribution in [0.25, 0.3) is 0 Å². The predicted molar refractivity (Wildman–Crippen MR) is 80.3 cm³/mol. The van der Waals surface area contributed by atoms with Gasteiger partial charge in [0.15, 0.2) is 0 Å². The Bertz CT molecular complexity index is 335. The monoisotopic (exact) mass is 312 g/mol. The van der Waals surface area contributed by atoms with Gasteiger partial charge in [0.2, 0.25) is 0 Å². The van der Waals surface area contributed by atoms with Crippen molar-refractivity contribution >= 4 is 11.9 Å². The molecule has 6 nitrogen and oxygen atoms in total. The van der Waals surface area contributed by atoms with E-state index in [1.807, 2.05) is 0 Å². The number of ether oxygens (including phenoxy) is 4. The molecule has 0 atom stereocenters. The number of esters is 2. The van der Waals surface area contributed by atoms with E-state index in [2.05, 4.69) is 13.2 Å². The van der Waals surface area contributed by atoms with Crippen LogP contribution in [0.5, 0.6) is 0 Å². The minimum Gasteiger partial charge on any atom is -0.460 e. The third kappa shape index (κ3) is 7.95. The molecule has 0 heterocycles. The number of carbonyl (C=O) groups excluding carboxylic acids is 2. The van der Waals surface area contributed by atoms with Crippen LogP contribution in [0.2, 0.25) is 0 Å². The molecular weight excluding hydrogens is 288 g/mol. The van der Waals surface area contributed by atoms with Crippen LogP contribution in [-0.4, -0.2) is 50.6 Å². The van der Waals surface area contributed by atoms with Crippen molar-refractivity contribution in [2.75, 3.05) is 26.4 Å². The van der Waals surface area contributed by atoms with Crippen LogP contribution in [0.15, 0.2) is 25.3 Å². The highest BCUT2D eigenvalue weighted by molar-refractivity contribution is 5.81. The maximum atomic E-state index is 10.8. The van der Waals surface area contributed by atoms with Crippen LogP contribution in [0.1, 0.15) is 25.7 Å². The molecular formula is C16H24O6. The lowest BCUT2D eigenvalue weighted by atomic mass is 9.95. The van der Waals surface area contributed by atoms with Crippen LogP contribution >= 0.6 is 0 Å². The molecule has 124 valence electrons. The number of hydrogen-bond donors (Lipinski definition) is 0. The minimum absolute atomic E-state index is 0.181. The summed E-state index contributed by atoms with van der Waals surface area (Å²) in [6, 6.07) is 0. The summed E-state index contributed by atoms with van der Waals surface area (Å²) in [6.45, 7) is 7.93. The second-order valence-corrected chi connectivity index (χ2v) is 4.88. The Hall–Kier alpha value is -1.66. The standard InChI is InChI=1S/C16H24O6/c1-3-15(17)21-11-9-19-13-5-7-14(8-6-13)20-10-12-22-16(18)4-2/h3-4,13-14H,1-2,5-12H2. The highest BCUT2D eigenvalue weighted by atomic mass is 16.6. The maximum Gasteiger partial charge on any atom is 0.330 e. The smallest absolute Gasteiger partial charge is 0.330 e. The number of carbonyl (C=O) groups is 2. The van der Waals surface area contributed by atoms with Gasteiger partial charge in [-0.25, -0.2) is 9.59 Å². The van der Waals surface area contributed by atoms with E-state index in [1.54, 1.807) is 0 Å². The van der Waals surface area contributed by atoms with Gasteiger partial charge in [0.1, 0.15) is 13.2 Å². The molecule has 0 aliphatic heterocycles. The second kappa shape index (κ2) is 11.0. The highest BCUT2D eigenvalue weighted by Gasteiger charge is 2.22. The molecule has 1 fully saturated rings. The summed E-state index contributed by atoms with van der Waals surface area (Å²) in [7, 11) is 0. The van der Waals surface area contributed by atoms with Crippen LogP contribution in [0.4, 0.5) is 0 Å². The van der Waals surface area contributed by atoms with Crippen LogP contribution < -0.4 is 0 Å². The largest absolute Gasteiger partial charge is 0.460 e. The molecule has 0 spiro atoms. The molecule has 1 aliphatic carbocycles. The first-order valence-electron chi connectivity index (χ1n) is 7.47. The van der Waals surface area contributed by atoms with Crippen molar-refractivity contribution in [3.63, 3.8) is 0 Å². The summed E-state index contributed by atoms with van der Waals surface area (Å²) in [6.07, 6.45) is 6.27. The molecule has 1 saturated carbocycles. The van der Waals surface area contributed by atoms with E-state index in [4.69, 9.17) is 18.9 Å². The molecule has 0 unspecified atom stereocenters. The van der Waals surface area contributed by atoms with E-state index in [1.165, 1.54) is 0 Å². The molecule has 1 rings (SSSR count). The molecule has 0 N–H and O–H groups in total. The number of hydrogen-bond acceptors (Lipinski definition) is 6. The maximum absolute atomic E-state index is 10.8. The molecule has 0 aromatic heterocycles. The fraction of sp³-hybridized carbons (Fsp3) is 0.625. The average Bonchev–Trinajstić information content (AvgIpc) is 2.56. The zero-order valence-corrected chi connectivity index (χ0v) is 12.8. The molecule has 0 saturated heterocycles. The lowest BCUT2D eigenvalue weighted by molar-refractivity contribution is -0.142. The van der Waals surface area contributed by atoms with E-state index < -0.39 is 11.9 Å².